The van der Waals surface area contributed by atoms with Crippen LogP contribution in [-0.2, 0) is 4.79 Å². The van der Waals surface area contributed by atoms with Gasteiger partial charge in [0, 0.05) is 0 Å². The molecule has 1 aliphatic carbocycles. The molecule has 0 spiro atoms. The first-order valence-corrected chi connectivity index (χ1v) is 6.19. The van der Waals surface area contributed by atoms with E-state index >= 15 is 0 Å². The average Bonchev–Trinajstić information content (AvgIpc) is 2.87. The van der Waals surface area contributed by atoms with Crippen LogP contribution in [0.15, 0.2) is 22.9 Å². The number of carbonyl (C=O) groups is 1. The molecule has 0 radical (unpaired) electrons. The first kappa shape index (κ1) is 10.4. The molecule has 1 heterocycles. The van der Waals surface area contributed by atoms with Gasteiger partial charge in [-0.3, -0.25) is 0 Å². The van der Waals surface area contributed by atoms with Gasteiger partial charge in [-0.2, -0.15) is 11.3 Å². The van der Waals surface area contributed by atoms with Gasteiger partial charge in [0.2, 0.25) is 0 Å². The highest BCUT2D eigenvalue weighted by Gasteiger charge is 2.17. The normalized spacial score (nSPS) is 18.3. The Kier molecular flexibility index (Phi) is 3.21. The molecule has 0 atom stereocenters. The summed E-state index contributed by atoms with van der Waals surface area (Å²) in [6.45, 7) is 0. The van der Waals surface area contributed by atoms with Crippen LogP contribution in [0.5, 0.6) is 0 Å². The van der Waals surface area contributed by atoms with Crippen LogP contribution in [0.3, 0.4) is 0 Å². The summed E-state index contributed by atoms with van der Waals surface area (Å²) in [6, 6.07) is 1.87. The first-order chi connectivity index (χ1) is 7.27. The topological polar surface area (TPSA) is 37.3 Å². The zero-order valence-corrected chi connectivity index (χ0v) is 9.30. The Morgan fingerprint density at radius 1 is 1.47 bits per heavy atom. The van der Waals surface area contributed by atoms with Crippen molar-refractivity contribution < 1.29 is 9.90 Å². The molecule has 3 heteroatoms. The summed E-state index contributed by atoms with van der Waals surface area (Å²) in [5, 5.41) is 13.0. The SMILES string of the molecule is O=C(O)/C(=C\C1CCCC1)c1ccsc1. The fraction of sp³-hybridized carbons (Fsp3) is 0.417. The third-order valence-corrected chi connectivity index (χ3v) is 3.55. The molecule has 0 aromatic carbocycles. The maximum Gasteiger partial charge on any atom is 0.336 e. The zero-order valence-electron chi connectivity index (χ0n) is 8.48. The van der Waals surface area contributed by atoms with E-state index in [-0.39, 0.29) is 0 Å². The first-order valence-electron chi connectivity index (χ1n) is 5.25. The molecule has 0 amide bonds. The molecule has 1 aromatic heterocycles. The second-order valence-electron chi connectivity index (χ2n) is 3.94. The Labute approximate surface area is 93.3 Å². The number of hydrogen-bond acceptors (Lipinski definition) is 2. The zero-order chi connectivity index (χ0) is 10.7. The smallest absolute Gasteiger partial charge is 0.336 e. The summed E-state index contributed by atoms with van der Waals surface area (Å²) < 4.78 is 0. The quantitative estimate of drug-likeness (QED) is 0.796. The number of hydrogen-bond donors (Lipinski definition) is 1. The van der Waals surface area contributed by atoms with E-state index in [0.29, 0.717) is 11.5 Å². The number of rotatable bonds is 3. The fourth-order valence-corrected chi connectivity index (χ4v) is 2.72. The molecule has 2 nitrogen and oxygen atoms in total. The van der Waals surface area contributed by atoms with Crippen LogP contribution in [0.25, 0.3) is 5.57 Å². The minimum atomic E-state index is -0.805. The van der Waals surface area contributed by atoms with E-state index in [2.05, 4.69) is 0 Å². The lowest BCUT2D eigenvalue weighted by atomic mass is 10.0. The summed E-state index contributed by atoms with van der Waals surface area (Å²) in [5.74, 6) is -0.337. The van der Waals surface area contributed by atoms with Crippen molar-refractivity contribution in [3.8, 4) is 0 Å². The number of aliphatic carboxylic acids is 1. The lowest BCUT2D eigenvalue weighted by Crippen LogP contribution is -2.01. The Morgan fingerprint density at radius 3 is 2.73 bits per heavy atom. The highest BCUT2D eigenvalue weighted by atomic mass is 32.1. The van der Waals surface area contributed by atoms with Crippen LogP contribution in [0, 0.1) is 5.92 Å². The summed E-state index contributed by atoms with van der Waals surface area (Å²) >= 11 is 1.54. The third kappa shape index (κ3) is 2.48. The van der Waals surface area contributed by atoms with E-state index in [1.165, 1.54) is 24.2 Å². The number of thiophene rings is 1. The molecule has 1 aromatic rings. The second kappa shape index (κ2) is 4.62. The van der Waals surface area contributed by atoms with E-state index in [0.717, 1.165) is 18.4 Å². The van der Waals surface area contributed by atoms with Gasteiger partial charge < -0.3 is 5.11 Å². The number of carboxylic acids is 1. The predicted molar refractivity (Wildman–Crippen MR) is 61.9 cm³/mol. The molecule has 0 saturated heterocycles. The molecule has 2 rings (SSSR count). The molecule has 1 saturated carbocycles. The van der Waals surface area contributed by atoms with Crippen LogP contribution >= 0.6 is 11.3 Å². The van der Waals surface area contributed by atoms with Crippen molar-refractivity contribution in [2.75, 3.05) is 0 Å². The van der Waals surface area contributed by atoms with Gasteiger partial charge in [-0.15, -0.1) is 0 Å². The molecule has 0 unspecified atom stereocenters. The van der Waals surface area contributed by atoms with E-state index < -0.39 is 5.97 Å². The van der Waals surface area contributed by atoms with E-state index in [1.54, 1.807) is 0 Å². The lowest BCUT2D eigenvalue weighted by molar-refractivity contribution is -0.130. The van der Waals surface area contributed by atoms with Crippen molar-refractivity contribution in [2.45, 2.75) is 25.7 Å². The van der Waals surface area contributed by atoms with Gasteiger partial charge in [0.25, 0.3) is 0 Å². The molecule has 0 aliphatic heterocycles. The maximum atomic E-state index is 11.1. The standard InChI is InChI=1S/C12H14O2S/c13-12(14)11(10-5-6-15-8-10)7-9-3-1-2-4-9/h5-9H,1-4H2,(H,13,14)/b11-7-. The molecular weight excluding hydrogens is 208 g/mol. The minimum Gasteiger partial charge on any atom is -0.478 e. The molecule has 0 bridgehead atoms. The minimum absolute atomic E-state index is 0.469. The van der Waals surface area contributed by atoms with Crippen molar-refractivity contribution in [3.63, 3.8) is 0 Å². The van der Waals surface area contributed by atoms with Gasteiger partial charge in [0.15, 0.2) is 0 Å². The van der Waals surface area contributed by atoms with E-state index in [4.69, 9.17) is 5.11 Å². The monoisotopic (exact) mass is 222 g/mol. The Balaban J connectivity index is 2.23. The van der Waals surface area contributed by atoms with Gasteiger partial charge in [-0.25, -0.2) is 4.79 Å². The molecule has 80 valence electrons. The number of allylic oxidation sites excluding steroid dienone is 1. The summed E-state index contributed by atoms with van der Waals surface area (Å²) in [7, 11) is 0. The molecule has 15 heavy (non-hydrogen) atoms. The van der Waals surface area contributed by atoms with E-state index in [1.807, 2.05) is 22.9 Å². The second-order valence-corrected chi connectivity index (χ2v) is 4.72. The highest BCUT2D eigenvalue weighted by Crippen LogP contribution is 2.29. The van der Waals surface area contributed by atoms with Gasteiger partial charge in [0.1, 0.15) is 0 Å². The van der Waals surface area contributed by atoms with Gasteiger partial charge in [-0.1, -0.05) is 18.9 Å². The molecule has 1 fully saturated rings. The van der Waals surface area contributed by atoms with Crippen LogP contribution < -0.4 is 0 Å². The largest absolute Gasteiger partial charge is 0.478 e. The van der Waals surface area contributed by atoms with Crippen LogP contribution in [-0.4, -0.2) is 11.1 Å². The highest BCUT2D eigenvalue weighted by molar-refractivity contribution is 7.08. The van der Waals surface area contributed by atoms with Crippen LogP contribution in [0.4, 0.5) is 0 Å². The molecule has 1 aliphatic rings. The maximum absolute atomic E-state index is 11.1. The fourth-order valence-electron chi connectivity index (χ4n) is 2.07. The molecular formula is C12H14O2S. The van der Waals surface area contributed by atoms with Gasteiger partial charge >= 0.3 is 5.97 Å². The van der Waals surface area contributed by atoms with Crippen molar-refractivity contribution in [1.82, 2.24) is 0 Å². The Bertz CT molecular complexity index is 359. The van der Waals surface area contributed by atoms with Crippen molar-refractivity contribution >= 4 is 22.9 Å². The average molecular weight is 222 g/mol. The Hall–Kier alpha value is -1.09. The third-order valence-electron chi connectivity index (χ3n) is 2.86. The van der Waals surface area contributed by atoms with Gasteiger partial charge in [0.05, 0.1) is 5.57 Å². The van der Waals surface area contributed by atoms with Crippen LogP contribution in [0.1, 0.15) is 31.2 Å². The van der Waals surface area contributed by atoms with Crippen molar-refractivity contribution in [3.05, 3.63) is 28.5 Å². The summed E-state index contributed by atoms with van der Waals surface area (Å²) in [4.78, 5) is 11.1. The molecule has 1 N–H and O–H groups in total. The van der Waals surface area contributed by atoms with E-state index in [9.17, 15) is 4.79 Å². The lowest BCUT2D eigenvalue weighted by Gasteiger charge is -2.04. The number of carboxylic acid groups (broad SMARTS) is 1. The Morgan fingerprint density at radius 2 is 2.20 bits per heavy atom. The van der Waals surface area contributed by atoms with Crippen molar-refractivity contribution in [2.24, 2.45) is 5.92 Å². The van der Waals surface area contributed by atoms with Crippen molar-refractivity contribution in [1.29, 1.82) is 0 Å². The predicted octanol–water partition coefficient (Wildman–Crippen LogP) is 3.41. The summed E-state index contributed by atoms with van der Waals surface area (Å²) in [5.41, 5.74) is 1.32. The van der Waals surface area contributed by atoms with Crippen LogP contribution in [0.2, 0.25) is 0 Å². The summed E-state index contributed by atoms with van der Waals surface area (Å²) in [6.07, 6.45) is 6.69. The van der Waals surface area contributed by atoms with Gasteiger partial charge in [-0.05, 0) is 41.1 Å².